The summed E-state index contributed by atoms with van der Waals surface area (Å²) < 4.78 is 5.14. The predicted molar refractivity (Wildman–Crippen MR) is 108 cm³/mol. The van der Waals surface area contributed by atoms with Crippen LogP contribution >= 0.6 is 11.3 Å². The Morgan fingerprint density at radius 3 is 2.78 bits per heavy atom. The Labute approximate surface area is 162 Å². The van der Waals surface area contributed by atoms with Crippen LogP contribution in [0.25, 0.3) is 0 Å². The van der Waals surface area contributed by atoms with E-state index in [9.17, 15) is 4.79 Å². The van der Waals surface area contributed by atoms with Crippen LogP contribution < -0.4 is 15.4 Å². The molecule has 0 saturated heterocycles. The molecule has 7 heteroatoms. The first kappa shape index (κ1) is 18.8. The number of pyridine rings is 1. The van der Waals surface area contributed by atoms with Crippen molar-refractivity contribution in [1.29, 1.82) is 0 Å². The number of thiazole rings is 1. The zero-order valence-electron chi connectivity index (χ0n) is 15.4. The number of nitrogens with zero attached hydrogens (tertiary/aromatic N) is 2. The molecule has 0 unspecified atom stereocenters. The third-order valence-corrected chi connectivity index (χ3v) is 4.75. The van der Waals surface area contributed by atoms with Crippen molar-refractivity contribution >= 4 is 28.2 Å². The Balaban J connectivity index is 1.44. The maximum Gasteiger partial charge on any atom is 0.226 e. The van der Waals surface area contributed by atoms with Crippen LogP contribution in [0.5, 0.6) is 5.75 Å². The van der Waals surface area contributed by atoms with Gasteiger partial charge in [-0.2, -0.15) is 0 Å². The predicted octanol–water partition coefficient (Wildman–Crippen LogP) is 3.50. The first-order chi connectivity index (χ1) is 13.1. The highest BCUT2D eigenvalue weighted by Gasteiger charge is 2.08. The molecular weight excluding hydrogens is 360 g/mol. The van der Waals surface area contributed by atoms with E-state index in [0.29, 0.717) is 6.54 Å². The molecule has 3 aromatic rings. The smallest absolute Gasteiger partial charge is 0.226 e. The molecule has 0 radical (unpaired) electrons. The van der Waals surface area contributed by atoms with Crippen molar-refractivity contribution in [3.63, 3.8) is 0 Å². The van der Waals surface area contributed by atoms with E-state index < -0.39 is 0 Å². The number of rotatable bonds is 8. The van der Waals surface area contributed by atoms with Gasteiger partial charge in [0.15, 0.2) is 5.13 Å². The van der Waals surface area contributed by atoms with Gasteiger partial charge in [0.1, 0.15) is 11.6 Å². The first-order valence-electron chi connectivity index (χ1n) is 8.66. The summed E-state index contributed by atoms with van der Waals surface area (Å²) in [7, 11) is 1.64. The molecule has 3 rings (SSSR count). The average Bonchev–Trinajstić information content (AvgIpc) is 3.09. The van der Waals surface area contributed by atoms with E-state index in [-0.39, 0.29) is 12.3 Å². The second-order valence-electron chi connectivity index (χ2n) is 6.11. The molecule has 6 nitrogen and oxygen atoms in total. The van der Waals surface area contributed by atoms with Gasteiger partial charge in [0.05, 0.1) is 19.2 Å². The van der Waals surface area contributed by atoms with E-state index in [0.717, 1.165) is 39.9 Å². The molecule has 2 heterocycles. The summed E-state index contributed by atoms with van der Waals surface area (Å²) in [6, 6.07) is 11.7. The number of hydrogen-bond donors (Lipinski definition) is 2. The van der Waals surface area contributed by atoms with Gasteiger partial charge in [-0.1, -0.05) is 12.1 Å². The van der Waals surface area contributed by atoms with E-state index >= 15 is 0 Å². The Kier molecular flexibility index (Phi) is 6.38. The number of hydrogen-bond acceptors (Lipinski definition) is 6. The van der Waals surface area contributed by atoms with Crippen LogP contribution in [-0.2, 0) is 17.6 Å². The number of carbonyl (C=O) groups is 1. The molecule has 0 bridgehead atoms. The monoisotopic (exact) mass is 382 g/mol. The third-order valence-electron chi connectivity index (χ3n) is 3.94. The molecule has 1 aromatic carbocycles. The van der Waals surface area contributed by atoms with Gasteiger partial charge >= 0.3 is 0 Å². The molecular formula is C20H22N4O2S. The summed E-state index contributed by atoms with van der Waals surface area (Å²) in [5.74, 6) is 1.55. The van der Waals surface area contributed by atoms with Crippen LogP contribution in [0.4, 0.5) is 10.9 Å². The van der Waals surface area contributed by atoms with Gasteiger partial charge in [0.2, 0.25) is 5.91 Å². The molecule has 2 N–H and O–H groups in total. The lowest BCUT2D eigenvalue weighted by atomic mass is 10.1. The van der Waals surface area contributed by atoms with E-state index in [1.54, 1.807) is 13.3 Å². The highest BCUT2D eigenvalue weighted by molar-refractivity contribution is 7.13. The van der Waals surface area contributed by atoms with Gasteiger partial charge in [-0.25, -0.2) is 9.97 Å². The number of methoxy groups -OCH3 is 1. The van der Waals surface area contributed by atoms with Gasteiger partial charge in [0.25, 0.3) is 0 Å². The Morgan fingerprint density at radius 2 is 2.04 bits per heavy atom. The summed E-state index contributed by atoms with van der Waals surface area (Å²) in [5.41, 5.74) is 3.03. The van der Waals surface area contributed by atoms with Crippen molar-refractivity contribution in [1.82, 2.24) is 15.3 Å². The van der Waals surface area contributed by atoms with Gasteiger partial charge < -0.3 is 15.4 Å². The number of aromatic nitrogens is 2. The molecule has 0 aliphatic carbocycles. The second kappa shape index (κ2) is 9.14. The topological polar surface area (TPSA) is 76.1 Å². The number of aryl methyl sites for hydroxylation is 1. The fourth-order valence-corrected chi connectivity index (χ4v) is 3.24. The third kappa shape index (κ3) is 5.79. The maximum absolute atomic E-state index is 12.1. The minimum Gasteiger partial charge on any atom is -0.497 e. The summed E-state index contributed by atoms with van der Waals surface area (Å²) in [6.45, 7) is 2.60. The number of anilines is 2. The van der Waals surface area contributed by atoms with Crippen LogP contribution in [0, 0.1) is 6.92 Å². The molecule has 1 amide bonds. The van der Waals surface area contributed by atoms with E-state index in [1.165, 1.54) is 11.3 Å². The molecule has 140 valence electrons. The molecule has 0 fully saturated rings. The lowest BCUT2D eigenvalue weighted by molar-refractivity contribution is -0.120. The largest absolute Gasteiger partial charge is 0.497 e. The molecule has 0 aliphatic heterocycles. The lowest BCUT2D eigenvalue weighted by Crippen LogP contribution is -2.27. The van der Waals surface area contributed by atoms with Crippen molar-refractivity contribution in [2.24, 2.45) is 0 Å². The standard InChI is InChI=1S/C20H22N4O2S/c1-14-7-9-21-18(11-14)24-20-23-16(13-27-20)12-19(25)22-10-8-15-3-5-17(26-2)6-4-15/h3-7,9,11,13H,8,10,12H2,1-2H3,(H,22,25)(H,21,23,24). The molecule has 27 heavy (non-hydrogen) atoms. The van der Waals surface area contributed by atoms with Crippen LogP contribution in [-0.4, -0.2) is 29.5 Å². The van der Waals surface area contributed by atoms with Crippen LogP contribution in [0.1, 0.15) is 16.8 Å². The average molecular weight is 382 g/mol. The van der Waals surface area contributed by atoms with Crippen molar-refractivity contribution in [3.05, 3.63) is 64.8 Å². The number of carbonyl (C=O) groups excluding carboxylic acids is 1. The molecule has 0 atom stereocenters. The minimum absolute atomic E-state index is 0.0333. The van der Waals surface area contributed by atoms with E-state index in [2.05, 4.69) is 20.6 Å². The Bertz CT molecular complexity index is 893. The number of nitrogens with one attached hydrogen (secondary N) is 2. The number of amides is 1. The van der Waals surface area contributed by atoms with Crippen LogP contribution in [0.2, 0.25) is 0 Å². The van der Waals surface area contributed by atoms with Crippen molar-refractivity contribution in [3.8, 4) is 5.75 Å². The SMILES string of the molecule is COc1ccc(CCNC(=O)Cc2csc(Nc3cc(C)ccn3)n2)cc1. The van der Waals surface area contributed by atoms with Crippen LogP contribution in [0.3, 0.4) is 0 Å². The fraction of sp³-hybridized carbons (Fsp3) is 0.250. The normalized spacial score (nSPS) is 10.4. The Morgan fingerprint density at radius 1 is 1.22 bits per heavy atom. The van der Waals surface area contributed by atoms with Crippen molar-refractivity contribution in [2.75, 3.05) is 19.0 Å². The summed E-state index contributed by atoms with van der Waals surface area (Å²) >= 11 is 1.46. The first-order valence-corrected chi connectivity index (χ1v) is 9.54. The van der Waals surface area contributed by atoms with Crippen LogP contribution in [0.15, 0.2) is 48.0 Å². The maximum atomic E-state index is 12.1. The Hall–Kier alpha value is -2.93. The number of ether oxygens (including phenoxy) is 1. The molecule has 0 spiro atoms. The van der Waals surface area contributed by atoms with E-state index in [1.807, 2.05) is 48.7 Å². The molecule has 0 saturated carbocycles. The van der Waals surface area contributed by atoms with Gasteiger partial charge in [-0.3, -0.25) is 4.79 Å². The highest BCUT2D eigenvalue weighted by Crippen LogP contribution is 2.20. The summed E-state index contributed by atoms with van der Waals surface area (Å²) in [5, 5.41) is 8.72. The van der Waals surface area contributed by atoms with Crippen molar-refractivity contribution < 1.29 is 9.53 Å². The second-order valence-corrected chi connectivity index (χ2v) is 6.97. The fourth-order valence-electron chi connectivity index (χ4n) is 2.53. The number of benzene rings is 1. The summed E-state index contributed by atoms with van der Waals surface area (Å²) in [6.07, 6.45) is 2.79. The molecule has 0 aliphatic rings. The van der Waals surface area contributed by atoms with Gasteiger partial charge in [-0.05, 0) is 48.7 Å². The summed E-state index contributed by atoms with van der Waals surface area (Å²) in [4.78, 5) is 20.8. The van der Waals surface area contributed by atoms with Crippen molar-refractivity contribution in [2.45, 2.75) is 19.8 Å². The zero-order chi connectivity index (χ0) is 19.1. The van der Waals surface area contributed by atoms with Gasteiger partial charge in [0, 0.05) is 18.1 Å². The molecule has 2 aromatic heterocycles. The highest BCUT2D eigenvalue weighted by atomic mass is 32.1. The zero-order valence-corrected chi connectivity index (χ0v) is 16.2. The lowest BCUT2D eigenvalue weighted by Gasteiger charge is -2.05. The quantitative estimate of drug-likeness (QED) is 0.624. The van der Waals surface area contributed by atoms with Gasteiger partial charge in [-0.15, -0.1) is 11.3 Å². The minimum atomic E-state index is -0.0333. The van der Waals surface area contributed by atoms with E-state index in [4.69, 9.17) is 4.74 Å².